The van der Waals surface area contributed by atoms with Crippen LogP contribution in [0.3, 0.4) is 0 Å². The highest BCUT2D eigenvalue weighted by atomic mass is 35.7. The molecule has 0 saturated carbocycles. The number of carbonyl (C=O) groups excluding carboxylic acids is 1. The number of benzene rings is 1. The van der Waals surface area contributed by atoms with Gasteiger partial charge in [0.2, 0.25) is 15.0 Å². The minimum atomic E-state index is -3.77. The Hall–Kier alpha value is -1.86. The molecule has 2 aromatic rings. The second kappa shape index (κ2) is 4.85. The van der Waals surface area contributed by atoms with Crippen LogP contribution in [0.2, 0.25) is 0 Å². The third kappa shape index (κ3) is 2.66. The SMILES string of the molecule is O=C1CC(S(=O)(=O)Cl)CN1c1ccc2oc(=O)ccc2c1. The van der Waals surface area contributed by atoms with Crippen LogP contribution in [0.25, 0.3) is 11.0 Å². The van der Waals surface area contributed by atoms with Gasteiger partial charge in [0.1, 0.15) is 10.8 Å². The van der Waals surface area contributed by atoms with Gasteiger partial charge in [0.05, 0.1) is 0 Å². The Morgan fingerprint density at radius 2 is 1.95 bits per heavy atom. The smallest absolute Gasteiger partial charge is 0.336 e. The topological polar surface area (TPSA) is 84.7 Å². The van der Waals surface area contributed by atoms with Crippen molar-refractivity contribution in [1.29, 1.82) is 0 Å². The van der Waals surface area contributed by atoms with E-state index < -0.39 is 19.9 Å². The number of amides is 1. The quantitative estimate of drug-likeness (QED) is 0.616. The maximum atomic E-state index is 12.0. The van der Waals surface area contributed by atoms with Crippen molar-refractivity contribution in [2.75, 3.05) is 11.4 Å². The van der Waals surface area contributed by atoms with E-state index in [2.05, 4.69) is 0 Å². The lowest BCUT2D eigenvalue weighted by atomic mass is 10.2. The average Bonchev–Trinajstić information content (AvgIpc) is 2.80. The summed E-state index contributed by atoms with van der Waals surface area (Å²) in [4.78, 5) is 24.4. The molecule has 0 aliphatic carbocycles. The summed E-state index contributed by atoms with van der Waals surface area (Å²) >= 11 is 0. The maximum absolute atomic E-state index is 12.0. The van der Waals surface area contributed by atoms with Gasteiger partial charge in [0, 0.05) is 40.8 Å². The number of hydrogen-bond acceptors (Lipinski definition) is 5. The Balaban J connectivity index is 1.99. The van der Waals surface area contributed by atoms with Crippen LogP contribution in [0.15, 0.2) is 39.5 Å². The van der Waals surface area contributed by atoms with E-state index in [0.29, 0.717) is 16.7 Å². The normalized spacial score (nSPS) is 19.4. The number of anilines is 1. The predicted molar refractivity (Wildman–Crippen MR) is 78.0 cm³/mol. The van der Waals surface area contributed by atoms with Crippen molar-refractivity contribution in [3.63, 3.8) is 0 Å². The number of fused-ring (bicyclic) bond motifs is 1. The van der Waals surface area contributed by atoms with Crippen molar-refractivity contribution in [1.82, 2.24) is 0 Å². The van der Waals surface area contributed by atoms with E-state index in [-0.39, 0.29) is 18.9 Å². The molecule has 1 amide bonds. The third-order valence-corrected chi connectivity index (χ3v) is 5.27. The van der Waals surface area contributed by atoms with E-state index in [1.807, 2.05) is 0 Å². The monoisotopic (exact) mass is 327 g/mol. The zero-order valence-electron chi connectivity index (χ0n) is 10.7. The van der Waals surface area contributed by atoms with Crippen molar-refractivity contribution in [2.45, 2.75) is 11.7 Å². The molecule has 1 atom stereocenters. The number of halogens is 1. The largest absolute Gasteiger partial charge is 0.423 e. The molecule has 110 valence electrons. The van der Waals surface area contributed by atoms with Gasteiger partial charge in [-0.3, -0.25) is 4.79 Å². The van der Waals surface area contributed by atoms with Crippen molar-refractivity contribution >= 4 is 42.3 Å². The van der Waals surface area contributed by atoms with Gasteiger partial charge in [0.15, 0.2) is 0 Å². The van der Waals surface area contributed by atoms with E-state index in [4.69, 9.17) is 15.1 Å². The lowest BCUT2D eigenvalue weighted by Gasteiger charge is -2.16. The standard InChI is InChI=1S/C13H10ClNO5S/c14-21(18,19)10-6-12(16)15(7-10)9-2-3-11-8(5-9)1-4-13(17)20-11/h1-5,10H,6-7H2. The Bertz CT molecular complexity index is 889. The van der Waals surface area contributed by atoms with Gasteiger partial charge in [-0.2, -0.15) is 0 Å². The summed E-state index contributed by atoms with van der Waals surface area (Å²) in [6, 6.07) is 7.71. The second-order valence-corrected chi connectivity index (χ2v) is 7.69. The van der Waals surface area contributed by atoms with Gasteiger partial charge in [-0.1, -0.05) is 0 Å². The fourth-order valence-electron chi connectivity index (χ4n) is 2.34. The number of nitrogens with zero attached hydrogens (tertiary/aromatic N) is 1. The zero-order valence-corrected chi connectivity index (χ0v) is 12.2. The maximum Gasteiger partial charge on any atom is 0.336 e. The van der Waals surface area contributed by atoms with Crippen LogP contribution in [-0.4, -0.2) is 26.1 Å². The molecule has 6 nitrogen and oxygen atoms in total. The molecule has 1 unspecified atom stereocenters. The minimum Gasteiger partial charge on any atom is -0.423 e. The summed E-state index contributed by atoms with van der Waals surface area (Å²) < 4.78 is 27.7. The molecular weight excluding hydrogens is 318 g/mol. The molecule has 0 radical (unpaired) electrons. The molecule has 1 aromatic heterocycles. The van der Waals surface area contributed by atoms with Crippen LogP contribution in [0.5, 0.6) is 0 Å². The van der Waals surface area contributed by atoms with Crippen LogP contribution in [-0.2, 0) is 13.8 Å². The molecule has 1 aliphatic rings. The molecule has 0 N–H and O–H groups in total. The van der Waals surface area contributed by atoms with Gasteiger partial charge < -0.3 is 9.32 Å². The fourth-order valence-corrected chi connectivity index (χ4v) is 3.37. The van der Waals surface area contributed by atoms with E-state index in [0.717, 1.165) is 0 Å². The van der Waals surface area contributed by atoms with Crippen molar-refractivity contribution in [2.24, 2.45) is 0 Å². The molecule has 8 heteroatoms. The van der Waals surface area contributed by atoms with Crippen molar-refractivity contribution in [3.8, 4) is 0 Å². The molecule has 0 bridgehead atoms. The lowest BCUT2D eigenvalue weighted by molar-refractivity contribution is -0.117. The molecule has 1 fully saturated rings. The van der Waals surface area contributed by atoms with E-state index in [9.17, 15) is 18.0 Å². The van der Waals surface area contributed by atoms with E-state index >= 15 is 0 Å². The van der Waals surface area contributed by atoms with Crippen LogP contribution >= 0.6 is 10.7 Å². The van der Waals surface area contributed by atoms with Gasteiger partial charge in [0.25, 0.3) is 0 Å². The summed E-state index contributed by atoms with van der Waals surface area (Å²) in [6.45, 7) is 0.0208. The average molecular weight is 328 g/mol. The minimum absolute atomic E-state index is 0.0208. The number of carbonyl (C=O) groups is 1. The van der Waals surface area contributed by atoms with E-state index in [1.54, 1.807) is 24.3 Å². The highest BCUT2D eigenvalue weighted by molar-refractivity contribution is 8.14. The zero-order chi connectivity index (χ0) is 15.2. The predicted octanol–water partition coefficient (Wildman–Crippen LogP) is 1.47. The van der Waals surface area contributed by atoms with Crippen LogP contribution < -0.4 is 10.5 Å². The fraction of sp³-hybridized carbons (Fsp3) is 0.231. The molecule has 1 aromatic carbocycles. The van der Waals surface area contributed by atoms with Gasteiger partial charge in [-0.05, 0) is 24.3 Å². The van der Waals surface area contributed by atoms with Crippen LogP contribution in [0, 0.1) is 0 Å². The molecule has 1 aliphatic heterocycles. The van der Waals surface area contributed by atoms with Gasteiger partial charge in [-0.25, -0.2) is 13.2 Å². The summed E-state index contributed by atoms with van der Waals surface area (Å²) in [5.41, 5.74) is 0.490. The number of rotatable bonds is 2. The third-order valence-electron chi connectivity index (χ3n) is 3.40. The van der Waals surface area contributed by atoms with Crippen molar-refractivity contribution in [3.05, 3.63) is 40.8 Å². The van der Waals surface area contributed by atoms with E-state index in [1.165, 1.54) is 11.0 Å². The second-order valence-electron chi connectivity index (χ2n) is 4.78. The highest BCUT2D eigenvalue weighted by Crippen LogP contribution is 2.28. The Morgan fingerprint density at radius 1 is 1.19 bits per heavy atom. The molecule has 2 heterocycles. The first-order valence-corrected chi connectivity index (χ1v) is 8.49. The Morgan fingerprint density at radius 3 is 2.62 bits per heavy atom. The molecule has 0 spiro atoms. The van der Waals surface area contributed by atoms with Crippen LogP contribution in [0.4, 0.5) is 5.69 Å². The lowest BCUT2D eigenvalue weighted by Crippen LogP contribution is -2.26. The first kappa shape index (κ1) is 14.1. The highest BCUT2D eigenvalue weighted by Gasteiger charge is 2.38. The summed E-state index contributed by atoms with van der Waals surface area (Å²) in [7, 11) is 1.54. The molecular formula is C13H10ClNO5S. The van der Waals surface area contributed by atoms with Gasteiger partial charge in [-0.15, -0.1) is 0 Å². The summed E-state index contributed by atoms with van der Waals surface area (Å²) in [5.74, 6) is -0.305. The Kier molecular flexibility index (Phi) is 3.26. The molecule has 3 rings (SSSR count). The van der Waals surface area contributed by atoms with Gasteiger partial charge >= 0.3 is 5.63 Å². The van der Waals surface area contributed by atoms with Crippen LogP contribution in [0.1, 0.15) is 6.42 Å². The molecule has 21 heavy (non-hydrogen) atoms. The van der Waals surface area contributed by atoms with Crippen molar-refractivity contribution < 1.29 is 17.6 Å². The first-order chi connectivity index (χ1) is 9.84. The summed E-state index contributed by atoms with van der Waals surface area (Å²) in [6.07, 6.45) is -0.131. The first-order valence-electron chi connectivity index (χ1n) is 6.12. The summed E-state index contributed by atoms with van der Waals surface area (Å²) in [5, 5.41) is -0.256. The Labute approximate surface area is 124 Å². The molecule has 1 saturated heterocycles. The number of hydrogen-bond donors (Lipinski definition) is 0.